The summed E-state index contributed by atoms with van der Waals surface area (Å²) in [5.74, 6) is -1.88. The van der Waals surface area contributed by atoms with Crippen molar-refractivity contribution >= 4 is 11.9 Å². The van der Waals surface area contributed by atoms with Crippen LogP contribution in [-0.2, 0) is 18.4 Å². The molecular weight excluding hydrogens is 427 g/mol. The molecule has 3 heterocycles. The fourth-order valence-electron chi connectivity index (χ4n) is 4.00. The lowest BCUT2D eigenvalue weighted by Crippen LogP contribution is -2.42. The molecule has 0 radical (unpaired) electrons. The molecule has 0 aromatic carbocycles. The van der Waals surface area contributed by atoms with Gasteiger partial charge >= 0.3 is 12.1 Å². The van der Waals surface area contributed by atoms with Gasteiger partial charge in [0.15, 0.2) is 0 Å². The van der Waals surface area contributed by atoms with Crippen LogP contribution in [0.3, 0.4) is 0 Å². The Labute approximate surface area is 184 Å². The van der Waals surface area contributed by atoms with E-state index in [-0.39, 0.29) is 5.91 Å². The van der Waals surface area contributed by atoms with E-state index in [2.05, 4.69) is 26.1 Å². The number of hydrogen-bond donors (Lipinski definition) is 2. The molecule has 2 aromatic rings. The highest BCUT2D eigenvalue weighted by molar-refractivity contribution is 5.92. The minimum atomic E-state index is -5.08. The number of nitrogens with one attached hydrogen (secondary N) is 1. The quantitative estimate of drug-likeness (QED) is 0.699. The third kappa shape index (κ3) is 6.12. The molecule has 2 N–H and O–H groups in total. The summed E-state index contributed by atoms with van der Waals surface area (Å²) in [6, 6.07) is 6.21. The number of alkyl halides is 3. The SMILES string of the molecule is Cn1cccc1C(=O)NCCC1CN(CC2CCC2)Cc2ccnn21.O=C(O)C(F)(F)F. The molecule has 176 valence electrons. The molecule has 1 fully saturated rings. The summed E-state index contributed by atoms with van der Waals surface area (Å²) >= 11 is 0. The van der Waals surface area contributed by atoms with Crippen molar-refractivity contribution < 1.29 is 27.9 Å². The zero-order valence-corrected chi connectivity index (χ0v) is 17.9. The summed E-state index contributed by atoms with van der Waals surface area (Å²) in [4.78, 5) is 23.7. The highest BCUT2D eigenvalue weighted by atomic mass is 19.4. The van der Waals surface area contributed by atoms with E-state index in [1.807, 2.05) is 36.1 Å². The predicted octanol–water partition coefficient (Wildman–Crippen LogP) is 2.83. The summed E-state index contributed by atoms with van der Waals surface area (Å²) in [7, 11) is 1.89. The number of amides is 1. The van der Waals surface area contributed by atoms with Gasteiger partial charge in [0.25, 0.3) is 5.91 Å². The van der Waals surface area contributed by atoms with Gasteiger partial charge in [-0.15, -0.1) is 0 Å². The molecule has 4 rings (SSSR count). The lowest BCUT2D eigenvalue weighted by molar-refractivity contribution is -0.192. The maximum Gasteiger partial charge on any atom is 0.490 e. The molecule has 32 heavy (non-hydrogen) atoms. The summed E-state index contributed by atoms with van der Waals surface area (Å²) in [5.41, 5.74) is 2.00. The van der Waals surface area contributed by atoms with E-state index in [0.717, 1.165) is 25.4 Å². The molecule has 1 aliphatic heterocycles. The van der Waals surface area contributed by atoms with Gasteiger partial charge in [-0.2, -0.15) is 18.3 Å². The Balaban J connectivity index is 0.000000360. The van der Waals surface area contributed by atoms with Crippen LogP contribution >= 0.6 is 0 Å². The first-order valence-electron chi connectivity index (χ1n) is 10.6. The summed E-state index contributed by atoms with van der Waals surface area (Å²) in [6.45, 7) is 3.91. The van der Waals surface area contributed by atoms with Gasteiger partial charge in [-0.25, -0.2) is 4.79 Å². The number of fused-ring (bicyclic) bond motifs is 1. The molecule has 1 amide bonds. The van der Waals surface area contributed by atoms with Crippen LogP contribution in [0.2, 0.25) is 0 Å². The minimum absolute atomic E-state index is 0.00433. The molecule has 8 nitrogen and oxygen atoms in total. The number of rotatable bonds is 6. The second-order valence-corrected chi connectivity index (χ2v) is 8.26. The summed E-state index contributed by atoms with van der Waals surface area (Å²) < 4.78 is 35.7. The monoisotopic (exact) mass is 455 g/mol. The van der Waals surface area contributed by atoms with Crippen molar-refractivity contribution in [2.45, 2.75) is 44.4 Å². The third-order valence-electron chi connectivity index (χ3n) is 5.88. The molecule has 0 spiro atoms. The van der Waals surface area contributed by atoms with Gasteiger partial charge in [0.2, 0.25) is 0 Å². The number of carbonyl (C=O) groups excluding carboxylic acids is 1. The molecular formula is C21H28F3N5O3. The van der Waals surface area contributed by atoms with Gasteiger partial charge in [-0.05, 0) is 43.4 Å². The molecule has 0 bridgehead atoms. The topological polar surface area (TPSA) is 92.4 Å². The molecule has 2 aliphatic rings. The van der Waals surface area contributed by atoms with Crippen molar-refractivity contribution in [1.29, 1.82) is 0 Å². The Bertz CT molecular complexity index is 920. The molecule has 11 heteroatoms. The number of carboxylic acids is 1. The van der Waals surface area contributed by atoms with E-state index < -0.39 is 12.1 Å². The summed E-state index contributed by atoms with van der Waals surface area (Å²) in [6.07, 6.45) is 3.78. The molecule has 0 saturated heterocycles. The molecule has 1 aliphatic carbocycles. The van der Waals surface area contributed by atoms with Gasteiger partial charge in [0.1, 0.15) is 5.69 Å². The zero-order chi connectivity index (χ0) is 23.3. The Morgan fingerprint density at radius 2 is 2.00 bits per heavy atom. The van der Waals surface area contributed by atoms with Crippen molar-refractivity contribution in [3.63, 3.8) is 0 Å². The summed E-state index contributed by atoms with van der Waals surface area (Å²) in [5, 5.41) is 14.7. The van der Waals surface area contributed by atoms with E-state index in [1.54, 1.807) is 0 Å². The number of aliphatic carboxylic acids is 1. The number of carboxylic acid groups (broad SMARTS) is 1. The van der Waals surface area contributed by atoms with Crippen molar-refractivity contribution in [3.8, 4) is 0 Å². The lowest BCUT2D eigenvalue weighted by Gasteiger charge is -2.38. The van der Waals surface area contributed by atoms with Gasteiger partial charge in [0, 0.05) is 45.6 Å². The first-order chi connectivity index (χ1) is 15.1. The molecule has 1 saturated carbocycles. The van der Waals surface area contributed by atoms with Gasteiger partial charge in [-0.1, -0.05) is 6.42 Å². The highest BCUT2D eigenvalue weighted by Gasteiger charge is 2.38. The smallest absolute Gasteiger partial charge is 0.475 e. The number of carbonyl (C=O) groups is 2. The zero-order valence-electron chi connectivity index (χ0n) is 17.9. The van der Waals surface area contributed by atoms with Gasteiger partial charge in [-0.3, -0.25) is 14.4 Å². The minimum Gasteiger partial charge on any atom is -0.475 e. The first-order valence-corrected chi connectivity index (χ1v) is 10.6. The van der Waals surface area contributed by atoms with Gasteiger partial charge in [0.05, 0.1) is 11.7 Å². The van der Waals surface area contributed by atoms with Crippen LogP contribution < -0.4 is 5.32 Å². The van der Waals surface area contributed by atoms with Crippen molar-refractivity contribution in [3.05, 3.63) is 42.0 Å². The van der Waals surface area contributed by atoms with E-state index in [4.69, 9.17) is 9.90 Å². The average Bonchev–Trinajstić information content (AvgIpc) is 3.33. The maximum absolute atomic E-state index is 12.3. The fraction of sp³-hybridized carbons (Fsp3) is 0.571. The van der Waals surface area contributed by atoms with Crippen LogP contribution in [0, 0.1) is 5.92 Å². The number of halogens is 3. The predicted molar refractivity (Wildman–Crippen MR) is 110 cm³/mol. The van der Waals surface area contributed by atoms with Crippen LogP contribution in [0.1, 0.15) is 47.9 Å². The van der Waals surface area contributed by atoms with E-state index in [0.29, 0.717) is 18.3 Å². The van der Waals surface area contributed by atoms with E-state index in [1.165, 1.54) is 31.5 Å². The maximum atomic E-state index is 12.3. The number of hydrogen-bond acceptors (Lipinski definition) is 4. The molecule has 1 unspecified atom stereocenters. The number of aromatic nitrogens is 3. The van der Waals surface area contributed by atoms with Crippen LogP contribution in [0.15, 0.2) is 30.6 Å². The number of aryl methyl sites for hydroxylation is 1. The van der Waals surface area contributed by atoms with Crippen molar-refractivity contribution in [2.75, 3.05) is 19.6 Å². The normalized spacial score (nSPS) is 18.8. The van der Waals surface area contributed by atoms with Crippen LogP contribution in [0.4, 0.5) is 13.2 Å². The highest BCUT2D eigenvalue weighted by Crippen LogP contribution is 2.30. The van der Waals surface area contributed by atoms with Crippen LogP contribution in [0.5, 0.6) is 0 Å². The number of nitrogens with zero attached hydrogens (tertiary/aromatic N) is 4. The van der Waals surface area contributed by atoms with Crippen molar-refractivity contribution in [1.82, 2.24) is 24.6 Å². The largest absolute Gasteiger partial charge is 0.490 e. The van der Waals surface area contributed by atoms with E-state index >= 15 is 0 Å². The molecule has 1 atom stereocenters. The second kappa shape index (κ2) is 10.2. The van der Waals surface area contributed by atoms with Gasteiger partial charge < -0.3 is 15.0 Å². The standard InChI is InChI=1S/C19H27N5O.C2HF3O2/c1-22-11-3-6-18(22)19(25)20-9-7-16-13-23(12-15-4-2-5-15)14-17-8-10-21-24(16)17;3-2(4,5)1(6)7/h3,6,8,10-11,15-16H,2,4-5,7,9,12-14H2,1H3,(H,20,25);(H,6,7). The molecule has 2 aromatic heterocycles. The Morgan fingerprint density at radius 3 is 2.56 bits per heavy atom. The van der Waals surface area contributed by atoms with E-state index in [9.17, 15) is 18.0 Å². The average molecular weight is 455 g/mol. The Morgan fingerprint density at radius 1 is 1.28 bits per heavy atom. The fourth-order valence-corrected chi connectivity index (χ4v) is 4.00. The third-order valence-corrected chi connectivity index (χ3v) is 5.88. The van der Waals surface area contributed by atoms with Crippen LogP contribution in [-0.4, -0.2) is 62.0 Å². The lowest BCUT2D eigenvalue weighted by atomic mass is 9.85. The Hall–Kier alpha value is -2.82. The second-order valence-electron chi connectivity index (χ2n) is 8.26. The van der Waals surface area contributed by atoms with Crippen LogP contribution in [0.25, 0.3) is 0 Å². The van der Waals surface area contributed by atoms with Crippen molar-refractivity contribution in [2.24, 2.45) is 13.0 Å². The first kappa shape index (κ1) is 23.8. The Kier molecular flexibility index (Phi) is 7.60.